The molecule has 7 nitrogen and oxygen atoms in total. The Labute approximate surface area is 195 Å². The summed E-state index contributed by atoms with van der Waals surface area (Å²) < 4.78 is 10.7. The summed E-state index contributed by atoms with van der Waals surface area (Å²) in [5.74, 6) is -0.904. The van der Waals surface area contributed by atoms with Crippen molar-refractivity contribution in [2.24, 2.45) is 0 Å². The molecule has 0 fully saturated rings. The van der Waals surface area contributed by atoms with Crippen molar-refractivity contribution in [2.45, 2.75) is 26.4 Å². The zero-order valence-corrected chi connectivity index (χ0v) is 19.1. The minimum Gasteiger partial charge on any atom is -0.462 e. The second kappa shape index (κ2) is 9.79. The number of anilines is 1. The van der Waals surface area contributed by atoms with Crippen molar-refractivity contribution >= 4 is 39.3 Å². The van der Waals surface area contributed by atoms with Gasteiger partial charge in [0.15, 0.2) is 12.4 Å². The Morgan fingerprint density at radius 3 is 2.15 bits per heavy atom. The Balaban J connectivity index is 1.59. The molecular weight excluding hydrogens is 438 g/mol. The number of carbonyl (C=O) groups is 2. The van der Waals surface area contributed by atoms with Crippen LogP contribution in [0.3, 0.4) is 0 Å². The lowest BCUT2D eigenvalue weighted by molar-refractivity contribution is -0.146. The van der Waals surface area contributed by atoms with Gasteiger partial charge in [0.2, 0.25) is 0 Å². The van der Waals surface area contributed by atoms with Gasteiger partial charge in [0, 0.05) is 0 Å². The summed E-state index contributed by atoms with van der Waals surface area (Å²) in [4.78, 5) is 35.1. The average Bonchev–Trinajstić information content (AvgIpc) is 3.16. The average molecular weight is 462 g/mol. The van der Waals surface area contributed by atoms with E-state index >= 15 is 0 Å². The van der Waals surface area contributed by atoms with Crippen molar-refractivity contribution in [3.8, 4) is 0 Å². The fourth-order valence-electron chi connectivity index (χ4n) is 3.65. The van der Waals surface area contributed by atoms with Gasteiger partial charge in [-0.2, -0.15) is 0 Å². The van der Waals surface area contributed by atoms with Gasteiger partial charge in [-0.3, -0.25) is 4.79 Å². The van der Waals surface area contributed by atoms with E-state index in [-0.39, 0.29) is 24.9 Å². The molecule has 2 N–H and O–H groups in total. The Bertz CT molecular complexity index is 1250. The number of hydrogen-bond acceptors (Lipinski definition) is 8. The lowest BCUT2D eigenvalue weighted by Gasteiger charge is -2.17. The number of carbonyl (C=O) groups excluding carboxylic acids is 2. The van der Waals surface area contributed by atoms with Crippen LogP contribution in [0.4, 0.5) is 5.82 Å². The van der Waals surface area contributed by atoms with E-state index < -0.39 is 17.9 Å². The van der Waals surface area contributed by atoms with E-state index in [0.717, 1.165) is 11.1 Å². The van der Waals surface area contributed by atoms with E-state index in [1.54, 1.807) is 13.8 Å². The number of nitrogens with two attached hydrogens (primary N) is 1. The van der Waals surface area contributed by atoms with E-state index in [2.05, 4.69) is 9.97 Å². The summed E-state index contributed by atoms with van der Waals surface area (Å²) in [5.41, 5.74) is 8.50. The molecule has 8 heteroatoms. The SMILES string of the molecule is CCOC(=O)c1sc2nc(COC(=O)C(c3ccccc3)c3ccccc3)nc(N)c2c1C. The van der Waals surface area contributed by atoms with Gasteiger partial charge in [-0.1, -0.05) is 60.7 Å². The second-order valence-corrected chi connectivity index (χ2v) is 8.34. The molecule has 0 radical (unpaired) electrons. The lowest BCUT2D eigenvalue weighted by atomic mass is 9.91. The molecule has 168 valence electrons. The molecule has 0 atom stereocenters. The molecule has 0 aliphatic rings. The third-order valence-corrected chi connectivity index (χ3v) is 6.34. The number of rotatable bonds is 7. The molecule has 4 aromatic rings. The quantitative estimate of drug-likeness (QED) is 0.400. The van der Waals surface area contributed by atoms with Gasteiger partial charge in [0.05, 0.1) is 12.0 Å². The van der Waals surface area contributed by atoms with Gasteiger partial charge in [-0.15, -0.1) is 11.3 Å². The highest BCUT2D eigenvalue weighted by Gasteiger charge is 2.25. The molecule has 0 aliphatic carbocycles. The number of benzene rings is 2. The van der Waals surface area contributed by atoms with E-state index in [0.29, 0.717) is 20.7 Å². The summed E-state index contributed by atoms with van der Waals surface area (Å²) in [6.07, 6.45) is 0. The summed E-state index contributed by atoms with van der Waals surface area (Å²) in [6.45, 7) is 3.67. The maximum atomic E-state index is 13.1. The number of fused-ring (bicyclic) bond motifs is 1. The van der Waals surface area contributed by atoms with Crippen molar-refractivity contribution in [1.29, 1.82) is 0 Å². The maximum absolute atomic E-state index is 13.1. The standard InChI is InChI=1S/C25H23N3O4S/c1-3-31-25(30)21-15(2)19-22(26)27-18(28-23(19)33-21)14-32-24(29)20(16-10-6-4-7-11-16)17-12-8-5-9-13-17/h4-13,20H,3,14H2,1-2H3,(H2,26,27,28). The van der Waals surface area contributed by atoms with Gasteiger partial charge < -0.3 is 15.2 Å². The largest absolute Gasteiger partial charge is 0.462 e. The van der Waals surface area contributed by atoms with Crippen LogP contribution in [0.5, 0.6) is 0 Å². The topological polar surface area (TPSA) is 104 Å². The molecule has 0 saturated carbocycles. The van der Waals surface area contributed by atoms with Crippen LogP contribution in [-0.2, 0) is 20.9 Å². The highest BCUT2D eigenvalue weighted by molar-refractivity contribution is 7.20. The Hall–Kier alpha value is -3.78. The van der Waals surface area contributed by atoms with Gasteiger partial charge in [-0.25, -0.2) is 14.8 Å². The number of nitrogens with zero attached hydrogens (tertiary/aromatic N) is 2. The molecule has 0 saturated heterocycles. The number of nitrogen functional groups attached to an aromatic ring is 1. The Morgan fingerprint density at radius 2 is 1.58 bits per heavy atom. The summed E-state index contributed by atoms with van der Waals surface area (Å²) in [5, 5.41) is 0.615. The number of ether oxygens (including phenoxy) is 2. The predicted molar refractivity (Wildman–Crippen MR) is 127 cm³/mol. The van der Waals surface area contributed by atoms with Gasteiger partial charge in [-0.05, 0) is 30.5 Å². The molecule has 4 rings (SSSR count). The van der Waals surface area contributed by atoms with Crippen LogP contribution in [0.1, 0.15) is 45.0 Å². The van der Waals surface area contributed by atoms with Crippen LogP contribution in [-0.4, -0.2) is 28.5 Å². The first kappa shape index (κ1) is 22.4. The normalized spacial score (nSPS) is 11.0. The Morgan fingerprint density at radius 1 is 0.970 bits per heavy atom. The van der Waals surface area contributed by atoms with E-state index in [1.807, 2.05) is 60.7 Å². The third kappa shape index (κ3) is 4.70. The molecule has 33 heavy (non-hydrogen) atoms. The van der Waals surface area contributed by atoms with Crippen molar-refractivity contribution in [2.75, 3.05) is 12.3 Å². The van der Waals surface area contributed by atoms with E-state index in [9.17, 15) is 9.59 Å². The Kier molecular flexibility index (Phi) is 6.65. The maximum Gasteiger partial charge on any atom is 0.348 e. The minimum absolute atomic E-state index is 0.138. The van der Waals surface area contributed by atoms with Crippen LogP contribution in [0.25, 0.3) is 10.2 Å². The summed E-state index contributed by atoms with van der Waals surface area (Å²) in [6, 6.07) is 18.9. The molecule has 0 unspecified atom stereocenters. The molecule has 0 bridgehead atoms. The molecule has 0 amide bonds. The fraction of sp³-hybridized carbons (Fsp3) is 0.200. The van der Waals surface area contributed by atoms with Crippen LogP contribution >= 0.6 is 11.3 Å². The second-order valence-electron chi connectivity index (χ2n) is 7.34. The molecule has 2 aromatic carbocycles. The van der Waals surface area contributed by atoms with E-state index in [1.165, 1.54) is 11.3 Å². The van der Waals surface area contributed by atoms with Crippen LogP contribution < -0.4 is 5.73 Å². The molecule has 0 spiro atoms. The third-order valence-electron chi connectivity index (χ3n) is 5.17. The summed E-state index contributed by atoms with van der Waals surface area (Å²) in [7, 11) is 0. The van der Waals surface area contributed by atoms with Gasteiger partial charge in [0.1, 0.15) is 21.4 Å². The highest BCUT2D eigenvalue weighted by atomic mass is 32.1. The van der Waals surface area contributed by atoms with Gasteiger partial charge >= 0.3 is 11.9 Å². The first-order chi connectivity index (χ1) is 16.0. The van der Waals surface area contributed by atoms with Crippen molar-refractivity contribution < 1.29 is 19.1 Å². The first-order valence-corrected chi connectivity index (χ1v) is 11.3. The number of esters is 2. The monoisotopic (exact) mass is 461 g/mol. The lowest BCUT2D eigenvalue weighted by Crippen LogP contribution is -2.18. The van der Waals surface area contributed by atoms with Crippen molar-refractivity contribution in [3.63, 3.8) is 0 Å². The number of aromatic nitrogens is 2. The predicted octanol–water partition coefficient (Wildman–Crippen LogP) is 4.63. The first-order valence-electron chi connectivity index (χ1n) is 10.5. The molecule has 2 aromatic heterocycles. The number of thiophene rings is 1. The van der Waals surface area contributed by atoms with Crippen LogP contribution in [0.15, 0.2) is 60.7 Å². The zero-order chi connectivity index (χ0) is 23.4. The fourth-order valence-corrected chi connectivity index (χ4v) is 4.75. The van der Waals surface area contributed by atoms with Crippen LogP contribution in [0.2, 0.25) is 0 Å². The molecular formula is C25H23N3O4S. The van der Waals surface area contributed by atoms with Gasteiger partial charge in [0.25, 0.3) is 0 Å². The van der Waals surface area contributed by atoms with Crippen LogP contribution in [0, 0.1) is 6.92 Å². The van der Waals surface area contributed by atoms with E-state index in [4.69, 9.17) is 15.2 Å². The smallest absolute Gasteiger partial charge is 0.348 e. The van der Waals surface area contributed by atoms with Crippen molar-refractivity contribution in [3.05, 3.63) is 88.1 Å². The number of aryl methyl sites for hydroxylation is 1. The highest BCUT2D eigenvalue weighted by Crippen LogP contribution is 2.33. The molecule has 2 heterocycles. The number of hydrogen-bond donors (Lipinski definition) is 1. The minimum atomic E-state index is -0.576. The zero-order valence-electron chi connectivity index (χ0n) is 18.3. The summed E-state index contributed by atoms with van der Waals surface area (Å²) >= 11 is 1.19. The van der Waals surface area contributed by atoms with Crippen molar-refractivity contribution in [1.82, 2.24) is 9.97 Å². The molecule has 0 aliphatic heterocycles.